The van der Waals surface area contributed by atoms with Crippen LogP contribution in [0.15, 0.2) is 35.5 Å². The molecular formula is C18H25NO3. The van der Waals surface area contributed by atoms with Crippen molar-refractivity contribution in [2.24, 2.45) is 5.16 Å². The molecule has 0 spiro atoms. The van der Waals surface area contributed by atoms with Gasteiger partial charge in [-0.2, -0.15) is 0 Å². The molecule has 0 N–H and O–H groups in total. The average molecular weight is 303 g/mol. The summed E-state index contributed by atoms with van der Waals surface area (Å²) in [6.07, 6.45) is 6.30. The van der Waals surface area contributed by atoms with E-state index >= 15 is 0 Å². The SMILES string of the molecule is CC(=O)C1=NOC(CCCCCCOCc2ccccc2)C1. The van der Waals surface area contributed by atoms with Gasteiger partial charge >= 0.3 is 0 Å². The molecule has 1 aliphatic rings. The second kappa shape index (κ2) is 9.36. The predicted molar refractivity (Wildman–Crippen MR) is 86.8 cm³/mol. The van der Waals surface area contributed by atoms with Crippen LogP contribution in [-0.4, -0.2) is 24.2 Å². The van der Waals surface area contributed by atoms with Crippen LogP contribution >= 0.6 is 0 Å². The Bertz CT molecular complexity index is 484. The first-order chi connectivity index (χ1) is 10.8. The van der Waals surface area contributed by atoms with Crippen LogP contribution in [0, 0.1) is 0 Å². The molecule has 0 aliphatic carbocycles. The van der Waals surface area contributed by atoms with Gasteiger partial charge < -0.3 is 9.57 Å². The van der Waals surface area contributed by atoms with Crippen LogP contribution < -0.4 is 0 Å². The van der Waals surface area contributed by atoms with E-state index < -0.39 is 0 Å². The minimum Gasteiger partial charge on any atom is -0.392 e. The number of carbonyl (C=O) groups excluding carboxylic acids is 1. The van der Waals surface area contributed by atoms with E-state index in [1.807, 2.05) is 18.2 Å². The zero-order valence-electron chi connectivity index (χ0n) is 13.3. The molecule has 4 nitrogen and oxygen atoms in total. The number of ether oxygens (including phenoxy) is 1. The quantitative estimate of drug-likeness (QED) is 0.616. The van der Waals surface area contributed by atoms with Crippen LogP contribution in [0.25, 0.3) is 0 Å². The van der Waals surface area contributed by atoms with Gasteiger partial charge in [0.05, 0.1) is 6.61 Å². The first-order valence-corrected chi connectivity index (χ1v) is 8.11. The normalized spacial score (nSPS) is 17.1. The van der Waals surface area contributed by atoms with Crippen LogP contribution in [0.3, 0.4) is 0 Å². The lowest BCUT2D eigenvalue weighted by atomic mass is 10.0. The van der Waals surface area contributed by atoms with Crippen molar-refractivity contribution in [2.45, 2.75) is 58.2 Å². The highest BCUT2D eigenvalue weighted by Gasteiger charge is 2.22. The number of hydrogen-bond donors (Lipinski definition) is 0. The maximum Gasteiger partial charge on any atom is 0.177 e. The summed E-state index contributed by atoms with van der Waals surface area (Å²) in [5.74, 6) is 0.0260. The minimum atomic E-state index is 0.0260. The summed E-state index contributed by atoms with van der Waals surface area (Å²) in [5.41, 5.74) is 1.81. The van der Waals surface area contributed by atoms with Gasteiger partial charge in [-0.05, 0) is 24.8 Å². The van der Waals surface area contributed by atoms with Gasteiger partial charge in [-0.1, -0.05) is 48.3 Å². The third-order valence-electron chi connectivity index (χ3n) is 3.82. The molecule has 1 unspecified atom stereocenters. The van der Waals surface area contributed by atoms with E-state index in [-0.39, 0.29) is 11.9 Å². The summed E-state index contributed by atoms with van der Waals surface area (Å²) in [7, 11) is 0. The van der Waals surface area contributed by atoms with E-state index in [0.717, 1.165) is 25.9 Å². The van der Waals surface area contributed by atoms with E-state index in [0.29, 0.717) is 18.7 Å². The van der Waals surface area contributed by atoms with Gasteiger partial charge in [-0.15, -0.1) is 0 Å². The van der Waals surface area contributed by atoms with Crippen molar-refractivity contribution < 1.29 is 14.4 Å². The molecular weight excluding hydrogens is 278 g/mol. The third-order valence-corrected chi connectivity index (χ3v) is 3.82. The summed E-state index contributed by atoms with van der Waals surface area (Å²) < 4.78 is 5.66. The van der Waals surface area contributed by atoms with Crippen molar-refractivity contribution in [2.75, 3.05) is 6.61 Å². The fourth-order valence-electron chi connectivity index (χ4n) is 2.49. The van der Waals surface area contributed by atoms with Crippen molar-refractivity contribution in [3.63, 3.8) is 0 Å². The van der Waals surface area contributed by atoms with E-state index in [1.54, 1.807) is 6.92 Å². The Labute approximate surface area is 132 Å². The van der Waals surface area contributed by atoms with E-state index in [4.69, 9.17) is 9.57 Å². The number of hydrogen-bond acceptors (Lipinski definition) is 4. The number of unbranched alkanes of at least 4 members (excludes halogenated alkanes) is 3. The molecule has 0 amide bonds. The third kappa shape index (κ3) is 5.98. The summed E-state index contributed by atoms with van der Waals surface area (Å²) in [6, 6.07) is 10.2. The Morgan fingerprint density at radius 1 is 1.23 bits per heavy atom. The molecule has 1 heterocycles. The smallest absolute Gasteiger partial charge is 0.177 e. The van der Waals surface area contributed by atoms with Crippen LogP contribution in [0.5, 0.6) is 0 Å². The molecule has 1 aliphatic heterocycles. The van der Waals surface area contributed by atoms with Crippen LogP contribution in [0.2, 0.25) is 0 Å². The van der Waals surface area contributed by atoms with Crippen molar-refractivity contribution in [1.82, 2.24) is 0 Å². The summed E-state index contributed by atoms with van der Waals surface area (Å²) >= 11 is 0. The van der Waals surface area contributed by atoms with Crippen molar-refractivity contribution in [3.8, 4) is 0 Å². The molecule has 2 rings (SSSR count). The second-order valence-corrected chi connectivity index (χ2v) is 5.77. The Morgan fingerprint density at radius 2 is 2.00 bits per heavy atom. The van der Waals surface area contributed by atoms with Crippen molar-refractivity contribution >= 4 is 11.5 Å². The second-order valence-electron chi connectivity index (χ2n) is 5.77. The highest BCUT2D eigenvalue weighted by Crippen LogP contribution is 2.17. The van der Waals surface area contributed by atoms with Gasteiger partial charge in [0.15, 0.2) is 5.78 Å². The van der Waals surface area contributed by atoms with Gasteiger partial charge in [0.2, 0.25) is 0 Å². The Balaban J connectivity index is 1.41. The lowest BCUT2D eigenvalue weighted by Crippen LogP contribution is -2.12. The molecule has 0 saturated carbocycles. The van der Waals surface area contributed by atoms with Crippen LogP contribution in [0.1, 0.15) is 51.0 Å². The summed E-state index contributed by atoms with van der Waals surface area (Å²) in [4.78, 5) is 16.4. The largest absolute Gasteiger partial charge is 0.392 e. The molecule has 1 atom stereocenters. The van der Waals surface area contributed by atoms with Gasteiger partial charge in [0.1, 0.15) is 11.8 Å². The highest BCUT2D eigenvalue weighted by molar-refractivity contribution is 6.39. The number of rotatable bonds is 10. The first-order valence-electron chi connectivity index (χ1n) is 8.11. The molecule has 0 bridgehead atoms. The average Bonchev–Trinajstić information content (AvgIpc) is 3.00. The van der Waals surface area contributed by atoms with E-state index in [1.165, 1.54) is 18.4 Å². The molecule has 4 heteroatoms. The first kappa shape index (κ1) is 16.7. The Kier molecular flexibility index (Phi) is 7.10. The minimum absolute atomic E-state index is 0.0260. The maximum absolute atomic E-state index is 11.1. The lowest BCUT2D eigenvalue weighted by Gasteiger charge is -2.07. The number of carbonyl (C=O) groups is 1. The molecule has 0 radical (unpaired) electrons. The molecule has 1 aromatic carbocycles. The molecule has 1 aromatic rings. The standard InChI is InChI=1S/C18H25NO3/c1-15(20)18-13-17(22-19-18)11-7-2-3-8-12-21-14-16-9-5-4-6-10-16/h4-6,9-10,17H,2-3,7-8,11-14H2,1H3. The van der Waals surface area contributed by atoms with Gasteiger partial charge in [0.25, 0.3) is 0 Å². The van der Waals surface area contributed by atoms with E-state index in [9.17, 15) is 4.79 Å². The lowest BCUT2D eigenvalue weighted by molar-refractivity contribution is -0.111. The monoisotopic (exact) mass is 303 g/mol. The molecule has 0 saturated heterocycles. The van der Waals surface area contributed by atoms with Crippen LogP contribution in [-0.2, 0) is 21.0 Å². The van der Waals surface area contributed by atoms with Gasteiger partial charge in [0, 0.05) is 20.0 Å². The topological polar surface area (TPSA) is 47.9 Å². The van der Waals surface area contributed by atoms with E-state index in [2.05, 4.69) is 17.3 Å². The molecule has 0 aromatic heterocycles. The number of Topliss-reactive ketones (excluding diaryl/α,β-unsaturated/α-hetero) is 1. The van der Waals surface area contributed by atoms with Gasteiger partial charge in [-0.25, -0.2) is 0 Å². The van der Waals surface area contributed by atoms with Gasteiger partial charge in [-0.3, -0.25) is 4.79 Å². The maximum atomic E-state index is 11.1. The fourth-order valence-corrected chi connectivity index (χ4v) is 2.49. The molecule has 0 fully saturated rings. The summed E-state index contributed by atoms with van der Waals surface area (Å²) in [5, 5.41) is 3.83. The van der Waals surface area contributed by atoms with Crippen molar-refractivity contribution in [1.29, 1.82) is 0 Å². The molecule has 120 valence electrons. The number of benzene rings is 1. The number of ketones is 1. The number of oxime groups is 1. The summed E-state index contributed by atoms with van der Waals surface area (Å²) in [6.45, 7) is 3.05. The van der Waals surface area contributed by atoms with Crippen LogP contribution in [0.4, 0.5) is 0 Å². The zero-order valence-corrected chi connectivity index (χ0v) is 13.3. The predicted octanol–water partition coefficient (Wildman–Crippen LogP) is 3.89. The highest BCUT2D eigenvalue weighted by atomic mass is 16.6. The number of nitrogens with zero attached hydrogens (tertiary/aromatic N) is 1. The van der Waals surface area contributed by atoms with Crippen molar-refractivity contribution in [3.05, 3.63) is 35.9 Å². The Morgan fingerprint density at radius 3 is 2.73 bits per heavy atom. The Hall–Kier alpha value is -1.68. The molecule has 22 heavy (non-hydrogen) atoms. The zero-order chi connectivity index (χ0) is 15.6. The fraction of sp³-hybridized carbons (Fsp3) is 0.556.